The van der Waals surface area contributed by atoms with Crippen molar-refractivity contribution in [2.24, 2.45) is 10.9 Å². The molecule has 0 aliphatic carbocycles. The first-order valence-corrected chi connectivity index (χ1v) is 6.91. The van der Waals surface area contributed by atoms with Gasteiger partial charge in [-0.2, -0.15) is 0 Å². The Bertz CT molecular complexity index is 400. The maximum absolute atomic E-state index is 8.62. The predicted octanol–water partition coefficient (Wildman–Crippen LogP) is 2.81. The first-order chi connectivity index (χ1) is 9.10. The minimum Gasteiger partial charge on any atom is -0.409 e. The lowest BCUT2D eigenvalue weighted by molar-refractivity contribution is 0.315. The van der Waals surface area contributed by atoms with Gasteiger partial charge in [-0.05, 0) is 30.9 Å². The molecule has 2 unspecified atom stereocenters. The van der Waals surface area contributed by atoms with Crippen LogP contribution < -0.4 is 11.1 Å². The molecule has 0 fully saturated rings. The molecular formula is C15H25N3O. The molecule has 0 saturated carbocycles. The van der Waals surface area contributed by atoms with E-state index in [0.29, 0.717) is 6.42 Å². The van der Waals surface area contributed by atoms with E-state index in [1.807, 2.05) is 0 Å². The summed E-state index contributed by atoms with van der Waals surface area (Å²) in [6, 6.07) is 9.12. The van der Waals surface area contributed by atoms with Crippen molar-refractivity contribution in [3.8, 4) is 0 Å². The molecule has 4 heteroatoms. The lowest BCUT2D eigenvalue weighted by atomic mass is 10.0. The van der Waals surface area contributed by atoms with Crippen molar-refractivity contribution in [1.29, 1.82) is 0 Å². The van der Waals surface area contributed by atoms with Crippen LogP contribution in [0.15, 0.2) is 29.4 Å². The molecule has 106 valence electrons. The summed E-state index contributed by atoms with van der Waals surface area (Å²) >= 11 is 0. The number of hydrogen-bond donors (Lipinski definition) is 3. The molecule has 1 aromatic carbocycles. The molecule has 1 rings (SSSR count). The van der Waals surface area contributed by atoms with E-state index in [0.717, 1.165) is 12.8 Å². The van der Waals surface area contributed by atoms with Crippen LogP contribution in [0, 0.1) is 0 Å². The van der Waals surface area contributed by atoms with Gasteiger partial charge >= 0.3 is 0 Å². The molecule has 4 nitrogen and oxygen atoms in total. The highest BCUT2D eigenvalue weighted by Gasteiger charge is 2.13. The zero-order chi connectivity index (χ0) is 14.3. The standard InChI is InChI=1S/C15H25N3O/c1-4-12-6-8-13(9-7-12)11(3)17-14(5-2)10-15(16)18-19/h6-9,11,14,17,19H,4-5,10H2,1-3H3,(H2,16,18). The maximum atomic E-state index is 8.62. The van der Waals surface area contributed by atoms with Gasteiger partial charge in [0.25, 0.3) is 0 Å². The summed E-state index contributed by atoms with van der Waals surface area (Å²) in [6.45, 7) is 6.38. The Morgan fingerprint density at radius 3 is 2.42 bits per heavy atom. The van der Waals surface area contributed by atoms with Crippen LogP contribution >= 0.6 is 0 Å². The van der Waals surface area contributed by atoms with E-state index in [2.05, 4.69) is 55.5 Å². The molecule has 1 aromatic rings. The second kappa shape index (κ2) is 7.79. The molecule has 0 radical (unpaired) electrons. The first-order valence-electron chi connectivity index (χ1n) is 6.91. The summed E-state index contributed by atoms with van der Waals surface area (Å²) in [5.41, 5.74) is 8.17. The van der Waals surface area contributed by atoms with Gasteiger partial charge in [0.15, 0.2) is 0 Å². The normalized spacial score (nSPS) is 15.2. The summed E-state index contributed by atoms with van der Waals surface area (Å²) in [5, 5.41) is 15.2. The Labute approximate surface area is 115 Å². The fourth-order valence-electron chi connectivity index (χ4n) is 2.11. The van der Waals surface area contributed by atoms with Gasteiger partial charge in [-0.25, -0.2) is 0 Å². The third kappa shape index (κ3) is 4.91. The van der Waals surface area contributed by atoms with Gasteiger partial charge in [0.05, 0.1) is 0 Å². The number of nitrogens with one attached hydrogen (secondary N) is 1. The van der Waals surface area contributed by atoms with Crippen LogP contribution in [-0.2, 0) is 6.42 Å². The van der Waals surface area contributed by atoms with E-state index in [4.69, 9.17) is 10.9 Å². The molecule has 0 amide bonds. The van der Waals surface area contributed by atoms with E-state index in [1.165, 1.54) is 11.1 Å². The van der Waals surface area contributed by atoms with Crippen LogP contribution in [0.1, 0.15) is 50.8 Å². The second-order valence-electron chi connectivity index (χ2n) is 4.88. The maximum Gasteiger partial charge on any atom is 0.140 e. The lowest BCUT2D eigenvalue weighted by Gasteiger charge is -2.22. The van der Waals surface area contributed by atoms with E-state index < -0.39 is 0 Å². The third-order valence-electron chi connectivity index (χ3n) is 3.45. The van der Waals surface area contributed by atoms with Crippen LogP contribution in [-0.4, -0.2) is 17.1 Å². The molecule has 2 atom stereocenters. The number of aryl methyl sites for hydroxylation is 1. The molecule has 0 heterocycles. The van der Waals surface area contributed by atoms with Crippen molar-refractivity contribution < 1.29 is 5.21 Å². The van der Waals surface area contributed by atoms with Gasteiger partial charge in [0.1, 0.15) is 5.84 Å². The topological polar surface area (TPSA) is 70.6 Å². The summed E-state index contributed by atoms with van der Waals surface area (Å²) in [6.07, 6.45) is 2.56. The second-order valence-corrected chi connectivity index (χ2v) is 4.88. The van der Waals surface area contributed by atoms with Crippen molar-refractivity contribution in [3.63, 3.8) is 0 Å². The highest BCUT2D eigenvalue weighted by atomic mass is 16.4. The van der Waals surface area contributed by atoms with Crippen molar-refractivity contribution in [1.82, 2.24) is 5.32 Å². The minimum atomic E-state index is 0.219. The number of oxime groups is 1. The Kier molecular flexibility index (Phi) is 6.36. The SMILES string of the molecule is CCc1ccc(C(C)NC(CC)CC(N)=NO)cc1. The fraction of sp³-hybridized carbons (Fsp3) is 0.533. The zero-order valence-electron chi connectivity index (χ0n) is 12.1. The van der Waals surface area contributed by atoms with Crippen LogP contribution in [0.5, 0.6) is 0 Å². The van der Waals surface area contributed by atoms with Crippen molar-refractivity contribution in [2.45, 2.75) is 52.1 Å². The van der Waals surface area contributed by atoms with E-state index >= 15 is 0 Å². The predicted molar refractivity (Wildman–Crippen MR) is 79.5 cm³/mol. The minimum absolute atomic E-state index is 0.219. The zero-order valence-corrected chi connectivity index (χ0v) is 12.1. The summed E-state index contributed by atoms with van der Waals surface area (Å²) in [5.74, 6) is 0.271. The summed E-state index contributed by atoms with van der Waals surface area (Å²) in [4.78, 5) is 0. The molecule has 0 aliphatic heterocycles. The van der Waals surface area contributed by atoms with Crippen LogP contribution in [0.2, 0.25) is 0 Å². The van der Waals surface area contributed by atoms with Gasteiger partial charge < -0.3 is 16.3 Å². The number of nitrogens with two attached hydrogens (primary N) is 1. The summed E-state index contributed by atoms with van der Waals surface area (Å²) in [7, 11) is 0. The number of hydrogen-bond acceptors (Lipinski definition) is 3. The first kappa shape index (κ1) is 15.5. The fourth-order valence-corrected chi connectivity index (χ4v) is 2.11. The Balaban J connectivity index is 2.62. The molecule has 19 heavy (non-hydrogen) atoms. The lowest BCUT2D eigenvalue weighted by Crippen LogP contribution is -2.34. The van der Waals surface area contributed by atoms with Gasteiger partial charge in [0.2, 0.25) is 0 Å². The molecule has 0 spiro atoms. The van der Waals surface area contributed by atoms with E-state index in [-0.39, 0.29) is 17.9 Å². The Hall–Kier alpha value is -1.55. The van der Waals surface area contributed by atoms with Gasteiger partial charge in [0, 0.05) is 18.5 Å². The molecule has 0 aliphatic rings. The monoisotopic (exact) mass is 263 g/mol. The Morgan fingerprint density at radius 2 is 1.95 bits per heavy atom. The van der Waals surface area contributed by atoms with Gasteiger partial charge in [-0.15, -0.1) is 0 Å². The van der Waals surface area contributed by atoms with Gasteiger partial charge in [-0.3, -0.25) is 0 Å². The third-order valence-corrected chi connectivity index (χ3v) is 3.45. The van der Waals surface area contributed by atoms with Crippen molar-refractivity contribution in [3.05, 3.63) is 35.4 Å². The molecule has 0 aromatic heterocycles. The number of benzene rings is 1. The highest BCUT2D eigenvalue weighted by Crippen LogP contribution is 2.15. The van der Waals surface area contributed by atoms with Crippen LogP contribution in [0.4, 0.5) is 0 Å². The average molecular weight is 263 g/mol. The number of nitrogens with zero attached hydrogens (tertiary/aromatic N) is 1. The largest absolute Gasteiger partial charge is 0.409 e. The molecule has 0 saturated heterocycles. The smallest absolute Gasteiger partial charge is 0.140 e. The number of amidine groups is 1. The van der Waals surface area contributed by atoms with E-state index in [9.17, 15) is 0 Å². The molecule has 0 bridgehead atoms. The molecule has 4 N–H and O–H groups in total. The average Bonchev–Trinajstić information content (AvgIpc) is 2.46. The van der Waals surface area contributed by atoms with Crippen molar-refractivity contribution >= 4 is 5.84 Å². The molecular weight excluding hydrogens is 238 g/mol. The van der Waals surface area contributed by atoms with E-state index in [1.54, 1.807) is 0 Å². The highest BCUT2D eigenvalue weighted by molar-refractivity contribution is 5.80. The number of rotatable bonds is 7. The Morgan fingerprint density at radius 1 is 1.32 bits per heavy atom. The van der Waals surface area contributed by atoms with Gasteiger partial charge in [-0.1, -0.05) is 43.3 Å². The summed E-state index contributed by atoms with van der Waals surface area (Å²) < 4.78 is 0. The van der Waals surface area contributed by atoms with Crippen LogP contribution in [0.3, 0.4) is 0 Å². The quantitative estimate of drug-likeness (QED) is 0.306. The van der Waals surface area contributed by atoms with Crippen LogP contribution in [0.25, 0.3) is 0 Å². The van der Waals surface area contributed by atoms with Crippen molar-refractivity contribution in [2.75, 3.05) is 0 Å².